The number of para-hydroxylation sites is 1. The van der Waals surface area contributed by atoms with Crippen LogP contribution in [0.15, 0.2) is 23.2 Å². The molecule has 0 atom stereocenters. The quantitative estimate of drug-likeness (QED) is 0.432. The number of halogens is 1. The summed E-state index contributed by atoms with van der Waals surface area (Å²) >= 11 is 1.36. The summed E-state index contributed by atoms with van der Waals surface area (Å²) in [5.74, 6) is 0.429. The second-order valence-electron chi connectivity index (χ2n) is 4.77. The number of benzene rings is 1. The molecule has 5 nitrogen and oxygen atoms in total. The Morgan fingerprint density at radius 3 is 2.41 bits per heavy atom. The highest BCUT2D eigenvalue weighted by Gasteiger charge is 2.07. The summed E-state index contributed by atoms with van der Waals surface area (Å²) in [6, 6.07) is 6.32. The number of anilines is 1. The topological polar surface area (TPSA) is 76.2 Å². The Morgan fingerprint density at radius 2 is 1.91 bits per heavy atom. The SMILES string of the molecule is CCc1cccc(CC)c1NC(N)=NCc1snnc1C.I. The van der Waals surface area contributed by atoms with E-state index in [1.807, 2.05) is 6.92 Å². The lowest BCUT2D eigenvalue weighted by molar-refractivity contribution is 1.02. The molecule has 0 spiro atoms. The first-order valence-corrected chi connectivity index (χ1v) is 7.88. The van der Waals surface area contributed by atoms with Crippen LogP contribution in [0.25, 0.3) is 0 Å². The maximum atomic E-state index is 6.02. The number of nitrogens with zero attached hydrogens (tertiary/aromatic N) is 3. The summed E-state index contributed by atoms with van der Waals surface area (Å²) in [6.07, 6.45) is 1.92. The molecular weight excluding hydrogens is 409 g/mol. The first kappa shape index (κ1) is 18.8. The molecule has 0 amide bonds. The molecule has 0 unspecified atom stereocenters. The second kappa shape index (κ2) is 9.04. The number of aryl methyl sites for hydroxylation is 3. The van der Waals surface area contributed by atoms with Gasteiger partial charge in [-0.2, -0.15) is 0 Å². The van der Waals surface area contributed by atoms with Crippen LogP contribution in [-0.4, -0.2) is 15.5 Å². The molecule has 1 heterocycles. The van der Waals surface area contributed by atoms with Crippen molar-refractivity contribution in [3.63, 3.8) is 0 Å². The third-order valence-electron chi connectivity index (χ3n) is 3.39. The number of aliphatic imine (C=N–C) groups is 1. The standard InChI is InChI=1S/C15H21N5S.HI/c1-4-11-7-6-8-12(5-2)14(11)18-15(16)17-9-13-10(3)19-20-21-13;/h6-8H,4-5,9H2,1-3H3,(H3,16,17,18);1H. The van der Waals surface area contributed by atoms with Gasteiger partial charge in [0, 0.05) is 5.69 Å². The van der Waals surface area contributed by atoms with Crippen molar-refractivity contribution in [2.75, 3.05) is 5.32 Å². The number of nitrogens with two attached hydrogens (primary N) is 1. The van der Waals surface area contributed by atoms with Gasteiger partial charge in [0.05, 0.1) is 17.1 Å². The lowest BCUT2D eigenvalue weighted by Crippen LogP contribution is -2.24. The summed E-state index contributed by atoms with van der Waals surface area (Å²) in [5, 5.41) is 7.23. The molecule has 3 N–H and O–H groups in total. The molecular formula is C15H22IN5S. The molecule has 0 saturated heterocycles. The zero-order valence-corrected chi connectivity index (χ0v) is 16.2. The van der Waals surface area contributed by atoms with Gasteiger partial charge in [-0.25, -0.2) is 4.99 Å². The highest BCUT2D eigenvalue weighted by Crippen LogP contribution is 2.22. The van der Waals surface area contributed by atoms with Gasteiger partial charge in [0.15, 0.2) is 5.96 Å². The number of nitrogens with one attached hydrogen (secondary N) is 1. The van der Waals surface area contributed by atoms with Gasteiger partial charge >= 0.3 is 0 Å². The largest absolute Gasteiger partial charge is 0.370 e. The molecule has 0 fully saturated rings. The van der Waals surface area contributed by atoms with Crippen LogP contribution in [0, 0.1) is 6.92 Å². The van der Waals surface area contributed by atoms with E-state index in [2.05, 4.69) is 51.9 Å². The Bertz CT molecular complexity index is 616. The van der Waals surface area contributed by atoms with Gasteiger partial charge in [-0.05, 0) is 42.4 Å². The average molecular weight is 431 g/mol. The molecule has 1 aromatic heterocycles. The van der Waals surface area contributed by atoms with Crippen LogP contribution in [-0.2, 0) is 19.4 Å². The summed E-state index contributed by atoms with van der Waals surface area (Å²) in [6.45, 7) is 6.72. The van der Waals surface area contributed by atoms with Gasteiger partial charge in [-0.15, -0.1) is 29.1 Å². The molecule has 2 rings (SSSR count). The van der Waals surface area contributed by atoms with Gasteiger partial charge in [0.2, 0.25) is 0 Å². The van der Waals surface area contributed by atoms with E-state index in [0.717, 1.165) is 29.1 Å². The molecule has 1 aromatic carbocycles. The van der Waals surface area contributed by atoms with E-state index in [-0.39, 0.29) is 24.0 Å². The summed E-state index contributed by atoms with van der Waals surface area (Å²) in [4.78, 5) is 5.43. The zero-order chi connectivity index (χ0) is 15.2. The van der Waals surface area contributed by atoms with Crippen molar-refractivity contribution in [1.82, 2.24) is 9.59 Å². The predicted molar refractivity (Wildman–Crippen MR) is 104 cm³/mol. The summed E-state index contributed by atoms with van der Waals surface area (Å²) in [5.41, 5.74) is 10.5. The van der Waals surface area contributed by atoms with Crippen molar-refractivity contribution in [2.24, 2.45) is 10.7 Å². The van der Waals surface area contributed by atoms with Gasteiger partial charge < -0.3 is 11.1 Å². The molecule has 120 valence electrons. The molecule has 0 radical (unpaired) electrons. The minimum absolute atomic E-state index is 0. The van der Waals surface area contributed by atoms with Crippen LogP contribution in [0.2, 0.25) is 0 Å². The van der Waals surface area contributed by atoms with E-state index in [1.54, 1.807) is 0 Å². The normalized spacial score (nSPS) is 11.1. The Kier molecular flexibility index (Phi) is 7.74. The molecule has 0 bridgehead atoms. The van der Waals surface area contributed by atoms with Crippen molar-refractivity contribution in [3.8, 4) is 0 Å². The fraction of sp³-hybridized carbons (Fsp3) is 0.400. The van der Waals surface area contributed by atoms with Crippen molar-refractivity contribution in [2.45, 2.75) is 40.2 Å². The maximum absolute atomic E-state index is 6.02. The van der Waals surface area contributed by atoms with Gasteiger partial charge in [-0.3, -0.25) is 0 Å². The number of rotatable bonds is 5. The smallest absolute Gasteiger partial charge is 0.193 e. The van der Waals surface area contributed by atoms with Crippen LogP contribution in [0.1, 0.15) is 35.5 Å². The van der Waals surface area contributed by atoms with Crippen molar-refractivity contribution in [3.05, 3.63) is 39.9 Å². The van der Waals surface area contributed by atoms with Crippen molar-refractivity contribution < 1.29 is 0 Å². The second-order valence-corrected chi connectivity index (χ2v) is 5.61. The highest BCUT2D eigenvalue weighted by atomic mass is 127. The molecule has 22 heavy (non-hydrogen) atoms. The Morgan fingerprint density at radius 1 is 1.27 bits per heavy atom. The van der Waals surface area contributed by atoms with E-state index in [0.29, 0.717) is 12.5 Å². The van der Waals surface area contributed by atoms with Crippen LogP contribution >= 0.6 is 35.5 Å². The van der Waals surface area contributed by atoms with Crippen LogP contribution in [0.3, 0.4) is 0 Å². The first-order valence-electron chi connectivity index (χ1n) is 7.11. The number of aromatic nitrogens is 2. The molecule has 2 aromatic rings. The van der Waals surface area contributed by atoms with Gasteiger partial charge in [0.25, 0.3) is 0 Å². The third kappa shape index (κ3) is 4.64. The van der Waals surface area contributed by atoms with E-state index in [4.69, 9.17) is 5.73 Å². The third-order valence-corrected chi connectivity index (χ3v) is 4.20. The molecule has 0 aliphatic heterocycles. The van der Waals surface area contributed by atoms with Crippen LogP contribution in [0.5, 0.6) is 0 Å². The number of guanidine groups is 1. The van der Waals surface area contributed by atoms with E-state index < -0.39 is 0 Å². The molecule has 0 aliphatic rings. The van der Waals surface area contributed by atoms with Crippen molar-refractivity contribution >= 4 is 47.2 Å². The fourth-order valence-corrected chi connectivity index (χ4v) is 2.68. The number of hydrogen-bond acceptors (Lipinski definition) is 4. The van der Waals surface area contributed by atoms with Crippen LogP contribution in [0.4, 0.5) is 5.69 Å². The van der Waals surface area contributed by atoms with E-state index >= 15 is 0 Å². The van der Waals surface area contributed by atoms with Crippen LogP contribution < -0.4 is 11.1 Å². The van der Waals surface area contributed by atoms with E-state index in [1.165, 1.54) is 22.7 Å². The maximum Gasteiger partial charge on any atom is 0.193 e. The highest BCUT2D eigenvalue weighted by molar-refractivity contribution is 14.0. The lowest BCUT2D eigenvalue weighted by Gasteiger charge is -2.14. The Labute approximate surface area is 152 Å². The van der Waals surface area contributed by atoms with Gasteiger partial charge in [-0.1, -0.05) is 36.5 Å². The fourth-order valence-electron chi connectivity index (χ4n) is 2.12. The summed E-state index contributed by atoms with van der Waals surface area (Å²) in [7, 11) is 0. The first-order chi connectivity index (χ1) is 10.2. The van der Waals surface area contributed by atoms with Crippen molar-refractivity contribution in [1.29, 1.82) is 0 Å². The Hall–Kier alpha value is -1.22. The number of hydrogen-bond donors (Lipinski definition) is 2. The zero-order valence-electron chi connectivity index (χ0n) is 13.1. The molecule has 0 saturated carbocycles. The van der Waals surface area contributed by atoms with E-state index in [9.17, 15) is 0 Å². The molecule has 0 aliphatic carbocycles. The monoisotopic (exact) mass is 431 g/mol. The lowest BCUT2D eigenvalue weighted by atomic mass is 10.0. The van der Waals surface area contributed by atoms with Gasteiger partial charge in [0.1, 0.15) is 0 Å². The molecule has 7 heteroatoms. The minimum Gasteiger partial charge on any atom is -0.370 e. The predicted octanol–water partition coefficient (Wildman–Crippen LogP) is 3.52. The Balaban J connectivity index is 0.00000242. The average Bonchev–Trinajstić information content (AvgIpc) is 2.90. The minimum atomic E-state index is 0. The summed E-state index contributed by atoms with van der Waals surface area (Å²) < 4.78 is 3.90.